The smallest absolute Gasteiger partial charge is 0.270 e. The average Bonchev–Trinajstić information content (AvgIpc) is 2.49. The number of carbonyl (C=O) groups excluding carboxylic acids is 1. The fourth-order valence-electron chi connectivity index (χ4n) is 2.25. The number of nitro groups is 1. The number of ketones is 1. The van der Waals surface area contributed by atoms with Crippen molar-refractivity contribution in [3.05, 3.63) is 64.2 Å². The van der Waals surface area contributed by atoms with Gasteiger partial charge in [0.15, 0.2) is 5.78 Å². The molecule has 0 fully saturated rings. The number of nitrogens with zero attached hydrogens (tertiary/aromatic N) is 2. The highest BCUT2D eigenvalue weighted by Gasteiger charge is 2.18. The maximum absolute atomic E-state index is 11.8. The quantitative estimate of drug-likeness (QED) is 0.473. The van der Waals surface area contributed by atoms with E-state index >= 15 is 0 Å². The molecule has 0 saturated heterocycles. The van der Waals surface area contributed by atoms with Crippen LogP contribution in [0.25, 0.3) is 0 Å². The lowest BCUT2D eigenvalue weighted by Gasteiger charge is -2.25. The minimum atomic E-state index is -0.491. The van der Waals surface area contributed by atoms with Gasteiger partial charge >= 0.3 is 0 Å². The summed E-state index contributed by atoms with van der Waals surface area (Å²) in [6.45, 7) is 4.04. The van der Waals surface area contributed by atoms with Crippen LogP contribution in [0.5, 0.6) is 0 Å². The Labute approximate surface area is 123 Å². The summed E-state index contributed by atoms with van der Waals surface area (Å²) in [7, 11) is 0. The first-order valence-corrected chi connectivity index (χ1v) is 6.66. The van der Waals surface area contributed by atoms with Gasteiger partial charge in [-0.1, -0.05) is 18.2 Å². The third-order valence-electron chi connectivity index (χ3n) is 3.25. The molecule has 2 aromatic carbocycles. The van der Waals surface area contributed by atoms with E-state index in [0.29, 0.717) is 17.8 Å². The second-order valence-corrected chi connectivity index (χ2v) is 4.59. The Morgan fingerprint density at radius 1 is 1.19 bits per heavy atom. The van der Waals surface area contributed by atoms with Gasteiger partial charge in [0.05, 0.1) is 10.6 Å². The number of benzene rings is 2. The van der Waals surface area contributed by atoms with Gasteiger partial charge in [-0.2, -0.15) is 0 Å². The van der Waals surface area contributed by atoms with Gasteiger partial charge in [-0.15, -0.1) is 0 Å². The van der Waals surface area contributed by atoms with Gasteiger partial charge in [0.2, 0.25) is 0 Å². The first-order chi connectivity index (χ1) is 10.0. The summed E-state index contributed by atoms with van der Waals surface area (Å²) in [5.74, 6) is -0.192. The number of anilines is 2. The van der Waals surface area contributed by atoms with Crippen LogP contribution in [0.3, 0.4) is 0 Å². The summed E-state index contributed by atoms with van der Waals surface area (Å²) >= 11 is 0. The van der Waals surface area contributed by atoms with E-state index in [9.17, 15) is 14.9 Å². The van der Waals surface area contributed by atoms with Crippen molar-refractivity contribution >= 4 is 22.8 Å². The van der Waals surface area contributed by atoms with Crippen molar-refractivity contribution in [1.82, 2.24) is 0 Å². The Balaban J connectivity index is 2.56. The van der Waals surface area contributed by atoms with Gasteiger partial charge in [0.25, 0.3) is 5.69 Å². The number of hydrogen-bond acceptors (Lipinski definition) is 4. The predicted molar refractivity (Wildman–Crippen MR) is 82.2 cm³/mol. The molecule has 0 aliphatic heterocycles. The molecular formula is C16H16N2O3. The van der Waals surface area contributed by atoms with Gasteiger partial charge in [-0.05, 0) is 32.0 Å². The molecule has 0 aliphatic rings. The molecule has 0 N–H and O–H groups in total. The molecule has 0 atom stereocenters. The Kier molecular flexibility index (Phi) is 4.33. The molecule has 0 amide bonds. The predicted octanol–water partition coefficient (Wildman–Crippen LogP) is 3.96. The molecule has 0 unspecified atom stereocenters. The zero-order valence-corrected chi connectivity index (χ0v) is 11.9. The highest BCUT2D eigenvalue weighted by atomic mass is 16.6. The fourth-order valence-corrected chi connectivity index (χ4v) is 2.25. The van der Waals surface area contributed by atoms with E-state index in [4.69, 9.17) is 0 Å². The van der Waals surface area contributed by atoms with Crippen LogP contribution in [0.1, 0.15) is 24.2 Å². The molecule has 0 spiro atoms. The maximum Gasteiger partial charge on any atom is 0.270 e. The Bertz CT molecular complexity index is 668. The van der Waals surface area contributed by atoms with Crippen LogP contribution in [0.15, 0.2) is 48.5 Å². The van der Waals surface area contributed by atoms with Crippen LogP contribution in [0, 0.1) is 10.1 Å². The van der Waals surface area contributed by atoms with E-state index < -0.39 is 4.92 Å². The van der Waals surface area contributed by atoms with Crippen LogP contribution >= 0.6 is 0 Å². The van der Waals surface area contributed by atoms with Crippen molar-refractivity contribution in [1.29, 1.82) is 0 Å². The first-order valence-electron chi connectivity index (χ1n) is 6.66. The topological polar surface area (TPSA) is 63.4 Å². The van der Waals surface area contributed by atoms with E-state index in [0.717, 1.165) is 5.69 Å². The number of non-ortho nitro benzene ring substituents is 1. The van der Waals surface area contributed by atoms with Crippen LogP contribution in [0.2, 0.25) is 0 Å². The van der Waals surface area contributed by atoms with Crippen molar-refractivity contribution in [3.63, 3.8) is 0 Å². The standard InChI is InChI=1S/C16H16N2O3/c1-3-17(13-7-5-4-6-8-13)16-10-9-14(18(20)21)11-15(16)12(2)19/h4-11H,3H2,1-2H3. The lowest BCUT2D eigenvalue weighted by molar-refractivity contribution is -0.384. The molecule has 0 aliphatic carbocycles. The Hall–Kier alpha value is -2.69. The molecular weight excluding hydrogens is 268 g/mol. The second-order valence-electron chi connectivity index (χ2n) is 4.59. The first kappa shape index (κ1) is 14.7. The maximum atomic E-state index is 11.8. The third-order valence-corrected chi connectivity index (χ3v) is 3.25. The molecule has 2 aromatic rings. The largest absolute Gasteiger partial charge is 0.341 e. The van der Waals surface area contributed by atoms with Gasteiger partial charge in [0, 0.05) is 29.9 Å². The van der Waals surface area contributed by atoms with Gasteiger partial charge in [-0.3, -0.25) is 14.9 Å². The number of Topliss-reactive ketones (excluding diaryl/α,β-unsaturated/α-hetero) is 1. The highest BCUT2D eigenvalue weighted by Crippen LogP contribution is 2.31. The lowest BCUT2D eigenvalue weighted by atomic mass is 10.1. The van der Waals surface area contributed by atoms with Crippen LogP contribution in [-0.4, -0.2) is 17.3 Å². The van der Waals surface area contributed by atoms with Crippen LogP contribution in [0.4, 0.5) is 17.1 Å². The van der Waals surface area contributed by atoms with Gasteiger partial charge in [-0.25, -0.2) is 0 Å². The number of rotatable bonds is 5. The molecule has 2 rings (SSSR count). The van der Waals surface area contributed by atoms with Crippen molar-refractivity contribution in [3.8, 4) is 0 Å². The van der Waals surface area contributed by atoms with E-state index in [2.05, 4.69) is 0 Å². The van der Waals surface area contributed by atoms with Crippen LogP contribution in [-0.2, 0) is 0 Å². The van der Waals surface area contributed by atoms with Crippen molar-refractivity contribution in [2.45, 2.75) is 13.8 Å². The fraction of sp³-hybridized carbons (Fsp3) is 0.188. The normalized spacial score (nSPS) is 10.2. The summed E-state index contributed by atoms with van der Waals surface area (Å²) in [6.07, 6.45) is 0. The molecule has 0 bridgehead atoms. The number of hydrogen-bond donors (Lipinski definition) is 0. The number of carbonyl (C=O) groups is 1. The summed E-state index contributed by atoms with van der Waals surface area (Å²) in [5, 5.41) is 10.9. The monoisotopic (exact) mass is 284 g/mol. The average molecular weight is 284 g/mol. The second kappa shape index (κ2) is 6.17. The summed E-state index contributed by atoms with van der Waals surface area (Å²) in [5.41, 5.74) is 1.90. The highest BCUT2D eigenvalue weighted by molar-refractivity contribution is 6.01. The molecule has 5 heteroatoms. The van der Waals surface area contributed by atoms with Crippen molar-refractivity contribution < 1.29 is 9.72 Å². The molecule has 0 radical (unpaired) electrons. The minimum absolute atomic E-state index is 0.0759. The van der Waals surface area contributed by atoms with Gasteiger partial charge in [0.1, 0.15) is 0 Å². The van der Waals surface area contributed by atoms with E-state index in [1.165, 1.54) is 19.1 Å². The van der Waals surface area contributed by atoms with Crippen molar-refractivity contribution in [2.75, 3.05) is 11.4 Å². The Morgan fingerprint density at radius 3 is 2.38 bits per heavy atom. The summed E-state index contributed by atoms with van der Waals surface area (Å²) < 4.78 is 0. The van der Waals surface area contributed by atoms with Gasteiger partial charge < -0.3 is 4.90 Å². The molecule has 0 saturated carbocycles. The third kappa shape index (κ3) is 3.08. The lowest BCUT2D eigenvalue weighted by Crippen LogP contribution is -2.18. The molecule has 0 heterocycles. The molecule has 21 heavy (non-hydrogen) atoms. The SMILES string of the molecule is CCN(c1ccccc1)c1ccc([N+](=O)[O-])cc1C(C)=O. The van der Waals surface area contributed by atoms with Crippen LogP contribution < -0.4 is 4.90 Å². The van der Waals surface area contributed by atoms with E-state index in [-0.39, 0.29) is 11.5 Å². The zero-order chi connectivity index (χ0) is 15.4. The number of para-hydroxylation sites is 1. The molecule has 0 aromatic heterocycles. The zero-order valence-electron chi connectivity index (χ0n) is 11.9. The van der Waals surface area contributed by atoms with Crippen molar-refractivity contribution in [2.24, 2.45) is 0 Å². The molecule has 5 nitrogen and oxygen atoms in total. The Morgan fingerprint density at radius 2 is 1.86 bits per heavy atom. The van der Waals surface area contributed by atoms with E-state index in [1.54, 1.807) is 6.07 Å². The summed E-state index contributed by atoms with van der Waals surface area (Å²) in [4.78, 5) is 24.2. The molecule has 108 valence electrons. The summed E-state index contributed by atoms with van der Waals surface area (Å²) in [6, 6.07) is 14.0. The minimum Gasteiger partial charge on any atom is -0.341 e. The van der Waals surface area contributed by atoms with E-state index in [1.807, 2.05) is 42.2 Å². The number of nitro benzene ring substituents is 1.